The molecule has 0 aliphatic carbocycles. The van der Waals surface area contributed by atoms with Gasteiger partial charge in [-0.1, -0.05) is 18.2 Å². The first-order chi connectivity index (χ1) is 10.2. The summed E-state index contributed by atoms with van der Waals surface area (Å²) in [4.78, 5) is 14.4. The highest BCUT2D eigenvalue weighted by Crippen LogP contribution is 2.19. The van der Waals surface area contributed by atoms with Crippen LogP contribution in [0.25, 0.3) is 0 Å². The number of ether oxygens (including phenoxy) is 1. The van der Waals surface area contributed by atoms with Gasteiger partial charge in [0.2, 0.25) is 5.91 Å². The SMILES string of the molecule is COCC(N)C(=O)Nc1ccccc1CN1CCSCC1.Cl.Cl. The number of rotatable bonds is 6. The summed E-state index contributed by atoms with van der Waals surface area (Å²) in [5, 5.41) is 2.91. The lowest BCUT2D eigenvalue weighted by Gasteiger charge is -2.27. The van der Waals surface area contributed by atoms with Gasteiger partial charge < -0.3 is 15.8 Å². The number of carbonyl (C=O) groups is 1. The van der Waals surface area contributed by atoms with E-state index in [2.05, 4.69) is 16.3 Å². The summed E-state index contributed by atoms with van der Waals surface area (Å²) in [6.45, 7) is 3.26. The minimum absolute atomic E-state index is 0. The van der Waals surface area contributed by atoms with E-state index in [0.29, 0.717) is 0 Å². The van der Waals surface area contributed by atoms with Crippen LogP contribution in [0, 0.1) is 0 Å². The number of nitrogens with zero attached hydrogens (tertiary/aromatic N) is 1. The average molecular weight is 382 g/mol. The van der Waals surface area contributed by atoms with Crippen molar-refractivity contribution >= 4 is 48.2 Å². The van der Waals surface area contributed by atoms with Gasteiger partial charge in [0.25, 0.3) is 0 Å². The molecule has 2 rings (SSSR count). The van der Waals surface area contributed by atoms with E-state index in [1.165, 1.54) is 18.6 Å². The number of halogens is 2. The molecular formula is C15H25Cl2N3O2S. The van der Waals surface area contributed by atoms with Crippen molar-refractivity contribution in [3.63, 3.8) is 0 Å². The first-order valence-electron chi connectivity index (χ1n) is 7.14. The van der Waals surface area contributed by atoms with E-state index in [1.807, 2.05) is 30.0 Å². The van der Waals surface area contributed by atoms with Crippen molar-refractivity contribution in [2.24, 2.45) is 5.73 Å². The van der Waals surface area contributed by atoms with E-state index in [4.69, 9.17) is 10.5 Å². The Labute approximate surface area is 154 Å². The minimum Gasteiger partial charge on any atom is -0.383 e. The molecule has 1 amide bonds. The van der Waals surface area contributed by atoms with E-state index >= 15 is 0 Å². The second kappa shape index (κ2) is 11.9. The Balaban J connectivity index is 0.00000242. The van der Waals surface area contributed by atoms with Crippen LogP contribution in [0.1, 0.15) is 5.56 Å². The summed E-state index contributed by atoms with van der Waals surface area (Å²) < 4.78 is 4.92. The fourth-order valence-corrected chi connectivity index (χ4v) is 3.24. The lowest BCUT2D eigenvalue weighted by atomic mass is 10.1. The number of amides is 1. The van der Waals surface area contributed by atoms with Crippen molar-refractivity contribution in [1.82, 2.24) is 4.90 Å². The van der Waals surface area contributed by atoms with Crippen LogP contribution in [0.3, 0.4) is 0 Å². The highest BCUT2D eigenvalue weighted by Gasteiger charge is 2.16. The van der Waals surface area contributed by atoms with Crippen molar-refractivity contribution in [3.05, 3.63) is 29.8 Å². The second-order valence-electron chi connectivity index (χ2n) is 5.10. The number of nitrogens with two attached hydrogens (primary N) is 1. The average Bonchev–Trinajstić information content (AvgIpc) is 2.50. The Morgan fingerprint density at radius 2 is 2.00 bits per heavy atom. The number of hydrogen-bond donors (Lipinski definition) is 2. The zero-order valence-electron chi connectivity index (χ0n) is 13.2. The first kappa shape index (κ1) is 22.5. The molecule has 1 aliphatic heterocycles. The van der Waals surface area contributed by atoms with Crippen LogP contribution in [0.4, 0.5) is 5.69 Å². The molecule has 1 unspecified atom stereocenters. The van der Waals surface area contributed by atoms with Crippen molar-refractivity contribution in [1.29, 1.82) is 0 Å². The number of methoxy groups -OCH3 is 1. The summed E-state index contributed by atoms with van der Waals surface area (Å²) in [6, 6.07) is 7.26. The molecule has 1 aromatic rings. The molecule has 1 heterocycles. The molecule has 132 valence electrons. The van der Waals surface area contributed by atoms with Crippen LogP contribution in [-0.4, -0.2) is 55.2 Å². The second-order valence-corrected chi connectivity index (χ2v) is 6.32. The summed E-state index contributed by atoms with van der Waals surface area (Å²) >= 11 is 1.99. The third-order valence-electron chi connectivity index (χ3n) is 3.46. The van der Waals surface area contributed by atoms with Crippen molar-refractivity contribution in [2.45, 2.75) is 12.6 Å². The maximum absolute atomic E-state index is 12.0. The lowest BCUT2D eigenvalue weighted by molar-refractivity contribution is -0.118. The molecule has 3 N–H and O–H groups in total. The van der Waals surface area contributed by atoms with E-state index < -0.39 is 6.04 Å². The van der Waals surface area contributed by atoms with Gasteiger partial charge in [-0.3, -0.25) is 9.69 Å². The van der Waals surface area contributed by atoms with Crippen LogP contribution in [0.2, 0.25) is 0 Å². The Morgan fingerprint density at radius 1 is 1.35 bits per heavy atom. The highest BCUT2D eigenvalue weighted by molar-refractivity contribution is 7.99. The molecular weight excluding hydrogens is 357 g/mol. The van der Waals surface area contributed by atoms with Crippen molar-refractivity contribution in [2.75, 3.05) is 43.6 Å². The van der Waals surface area contributed by atoms with E-state index in [-0.39, 0.29) is 37.3 Å². The zero-order chi connectivity index (χ0) is 15.1. The summed E-state index contributed by atoms with van der Waals surface area (Å²) in [5.74, 6) is 2.14. The van der Waals surface area contributed by atoms with Crippen LogP contribution >= 0.6 is 36.6 Å². The van der Waals surface area contributed by atoms with Gasteiger partial charge in [-0.15, -0.1) is 24.8 Å². The molecule has 1 aromatic carbocycles. The molecule has 0 spiro atoms. The molecule has 0 radical (unpaired) electrons. The Morgan fingerprint density at radius 3 is 2.65 bits per heavy atom. The van der Waals surface area contributed by atoms with Gasteiger partial charge >= 0.3 is 0 Å². The summed E-state index contributed by atoms with van der Waals surface area (Å²) in [7, 11) is 1.54. The zero-order valence-corrected chi connectivity index (χ0v) is 15.6. The molecule has 0 saturated carbocycles. The number of carbonyl (C=O) groups excluding carboxylic acids is 1. The molecule has 23 heavy (non-hydrogen) atoms. The number of thioether (sulfide) groups is 1. The normalized spacial score (nSPS) is 15.9. The predicted octanol–water partition coefficient (Wildman–Crippen LogP) is 1.99. The number of nitrogens with one attached hydrogen (secondary N) is 1. The topological polar surface area (TPSA) is 67.6 Å². The quantitative estimate of drug-likeness (QED) is 0.788. The molecule has 5 nitrogen and oxygen atoms in total. The highest BCUT2D eigenvalue weighted by atomic mass is 35.5. The Bertz CT molecular complexity index is 474. The van der Waals surface area contributed by atoms with Crippen molar-refractivity contribution < 1.29 is 9.53 Å². The third kappa shape index (κ3) is 7.28. The van der Waals surface area contributed by atoms with Gasteiger partial charge in [-0.25, -0.2) is 0 Å². The van der Waals surface area contributed by atoms with Gasteiger partial charge in [-0.05, 0) is 11.6 Å². The van der Waals surface area contributed by atoms with E-state index in [0.717, 1.165) is 30.9 Å². The third-order valence-corrected chi connectivity index (χ3v) is 4.40. The van der Waals surface area contributed by atoms with Gasteiger partial charge in [-0.2, -0.15) is 11.8 Å². The molecule has 1 aliphatic rings. The van der Waals surface area contributed by atoms with Gasteiger partial charge in [0, 0.05) is 43.9 Å². The summed E-state index contributed by atoms with van der Waals surface area (Å²) in [5.41, 5.74) is 7.73. The summed E-state index contributed by atoms with van der Waals surface area (Å²) in [6.07, 6.45) is 0. The number of hydrogen-bond acceptors (Lipinski definition) is 5. The standard InChI is InChI=1S/C15H23N3O2S.2ClH/c1-20-11-13(16)15(19)17-14-5-3-2-4-12(14)10-18-6-8-21-9-7-18;;/h2-5,13H,6-11,16H2,1H3,(H,17,19);2*1H. The molecule has 0 bridgehead atoms. The predicted molar refractivity (Wildman–Crippen MR) is 102 cm³/mol. The van der Waals surface area contributed by atoms with Gasteiger partial charge in [0.1, 0.15) is 6.04 Å². The van der Waals surface area contributed by atoms with Crippen molar-refractivity contribution in [3.8, 4) is 0 Å². The van der Waals surface area contributed by atoms with Gasteiger partial charge in [0.05, 0.1) is 6.61 Å². The molecule has 1 fully saturated rings. The van der Waals surface area contributed by atoms with Crippen LogP contribution in [-0.2, 0) is 16.1 Å². The van der Waals surface area contributed by atoms with Crippen LogP contribution < -0.4 is 11.1 Å². The number of para-hydroxylation sites is 1. The van der Waals surface area contributed by atoms with Crippen LogP contribution in [0.15, 0.2) is 24.3 Å². The smallest absolute Gasteiger partial charge is 0.243 e. The van der Waals surface area contributed by atoms with E-state index in [1.54, 1.807) is 0 Å². The minimum atomic E-state index is -0.644. The molecule has 1 saturated heterocycles. The maximum atomic E-state index is 12.0. The van der Waals surface area contributed by atoms with E-state index in [9.17, 15) is 4.79 Å². The first-order valence-corrected chi connectivity index (χ1v) is 8.29. The van der Waals surface area contributed by atoms with Gasteiger partial charge in [0.15, 0.2) is 0 Å². The van der Waals surface area contributed by atoms with Crippen LogP contribution in [0.5, 0.6) is 0 Å². The number of benzene rings is 1. The Kier molecular flexibility index (Phi) is 11.7. The number of anilines is 1. The maximum Gasteiger partial charge on any atom is 0.243 e. The fraction of sp³-hybridized carbons (Fsp3) is 0.533. The molecule has 0 aromatic heterocycles. The monoisotopic (exact) mass is 381 g/mol. The largest absolute Gasteiger partial charge is 0.383 e. The molecule has 1 atom stereocenters. The Hall–Kier alpha value is -0.500. The molecule has 8 heteroatoms. The fourth-order valence-electron chi connectivity index (χ4n) is 2.26. The lowest BCUT2D eigenvalue weighted by Crippen LogP contribution is -2.39.